The Labute approximate surface area is 220 Å². The second-order valence-corrected chi connectivity index (χ2v) is 12.0. The van der Waals surface area contributed by atoms with Crippen LogP contribution in [0.3, 0.4) is 0 Å². The smallest absolute Gasteiger partial charge is 0.243 e. The average Bonchev–Trinajstić information content (AvgIpc) is 2.80. The predicted molar refractivity (Wildman–Crippen MR) is 144 cm³/mol. The van der Waals surface area contributed by atoms with Gasteiger partial charge in [-0.15, -0.1) is 12.4 Å². The normalized spacial score (nSPS) is 18.4. The van der Waals surface area contributed by atoms with E-state index in [0.29, 0.717) is 44.7 Å². The number of carbonyl (C=O) groups is 1. The highest BCUT2D eigenvalue weighted by atomic mass is 35.5. The van der Waals surface area contributed by atoms with Gasteiger partial charge in [-0.2, -0.15) is 4.72 Å². The lowest BCUT2D eigenvalue weighted by Gasteiger charge is -2.35. The fourth-order valence-electron chi connectivity index (χ4n) is 4.86. The summed E-state index contributed by atoms with van der Waals surface area (Å²) in [7, 11) is -3.99. The number of aliphatic imine (C=N–C) groups is 1. The Kier molecular flexibility index (Phi) is 10.8. The van der Waals surface area contributed by atoms with Crippen LogP contribution < -0.4 is 21.5 Å². The molecule has 0 aromatic heterocycles. The van der Waals surface area contributed by atoms with E-state index in [-0.39, 0.29) is 53.6 Å². The maximum atomic E-state index is 13.5. The standard InChI is InChI=1S/C24H39FN6O3S.ClH/c1-24(2)15-18-5-3-7-20(21(18)29-16-24)35(33,34)30-19(6-4-12-28-23(26)27)22(32)31-13-9-17(8-11-25)10-14-31;/h3,5,7,17,19,29-30H,4,6,8-16H2,1-2H3,(H4,26,27,28);1H/t19-;/m0./s1. The molecule has 0 aliphatic carbocycles. The molecule has 2 aliphatic heterocycles. The summed E-state index contributed by atoms with van der Waals surface area (Å²) in [6.07, 6.45) is 3.39. The third kappa shape index (κ3) is 7.94. The molecule has 9 nitrogen and oxygen atoms in total. The molecule has 0 saturated carbocycles. The van der Waals surface area contributed by atoms with Gasteiger partial charge in [-0.3, -0.25) is 14.2 Å². The lowest BCUT2D eigenvalue weighted by molar-refractivity contribution is -0.134. The molecule has 1 atom stereocenters. The maximum absolute atomic E-state index is 13.5. The fourth-order valence-corrected chi connectivity index (χ4v) is 6.31. The summed E-state index contributed by atoms with van der Waals surface area (Å²) in [5, 5.41) is 3.28. The van der Waals surface area contributed by atoms with Crippen LogP contribution in [0.5, 0.6) is 0 Å². The second kappa shape index (κ2) is 12.9. The number of fused-ring (bicyclic) bond motifs is 1. The lowest BCUT2D eigenvalue weighted by Crippen LogP contribution is -2.50. The zero-order chi connectivity index (χ0) is 25.6. The van der Waals surface area contributed by atoms with Gasteiger partial charge < -0.3 is 21.7 Å². The molecule has 36 heavy (non-hydrogen) atoms. The molecule has 0 unspecified atom stereocenters. The Bertz CT molecular complexity index is 1020. The van der Waals surface area contributed by atoms with Gasteiger partial charge in [0.15, 0.2) is 5.96 Å². The first-order chi connectivity index (χ1) is 16.5. The van der Waals surface area contributed by atoms with Gasteiger partial charge in [0.2, 0.25) is 15.9 Å². The van der Waals surface area contributed by atoms with Crippen LogP contribution in [0.1, 0.15) is 51.5 Å². The first-order valence-corrected chi connectivity index (χ1v) is 13.8. The molecule has 1 aromatic carbocycles. The summed E-state index contributed by atoms with van der Waals surface area (Å²) >= 11 is 0. The minimum absolute atomic E-state index is 0. The van der Waals surface area contributed by atoms with Crippen molar-refractivity contribution in [1.82, 2.24) is 9.62 Å². The number of benzene rings is 1. The molecule has 1 aromatic rings. The highest BCUT2D eigenvalue weighted by Crippen LogP contribution is 2.36. The number of hydrogen-bond donors (Lipinski definition) is 4. The van der Waals surface area contributed by atoms with Crippen molar-refractivity contribution in [3.8, 4) is 0 Å². The summed E-state index contributed by atoms with van der Waals surface area (Å²) in [6.45, 7) is 5.83. The minimum atomic E-state index is -3.99. The van der Waals surface area contributed by atoms with Gasteiger partial charge in [-0.1, -0.05) is 26.0 Å². The van der Waals surface area contributed by atoms with E-state index in [9.17, 15) is 17.6 Å². The second-order valence-electron chi connectivity index (χ2n) is 10.4. The number of carbonyl (C=O) groups excluding carboxylic acids is 1. The summed E-state index contributed by atoms with van der Waals surface area (Å²) in [4.78, 5) is 19.2. The van der Waals surface area contributed by atoms with Gasteiger partial charge in [0.1, 0.15) is 10.9 Å². The van der Waals surface area contributed by atoms with E-state index in [0.717, 1.165) is 24.8 Å². The van der Waals surface area contributed by atoms with Crippen LogP contribution in [0.15, 0.2) is 28.1 Å². The Morgan fingerprint density at radius 2 is 2.00 bits per heavy atom. The molecule has 3 rings (SSSR count). The van der Waals surface area contributed by atoms with E-state index in [2.05, 4.69) is 28.9 Å². The van der Waals surface area contributed by atoms with Gasteiger partial charge >= 0.3 is 0 Å². The van der Waals surface area contributed by atoms with E-state index in [1.54, 1.807) is 17.0 Å². The van der Waals surface area contributed by atoms with Crippen LogP contribution in [-0.2, 0) is 21.2 Å². The number of nitrogens with zero attached hydrogens (tertiary/aromatic N) is 2. The van der Waals surface area contributed by atoms with E-state index in [1.165, 1.54) is 0 Å². The molecule has 12 heteroatoms. The largest absolute Gasteiger partial charge is 0.383 e. The number of anilines is 1. The molecular weight excluding hydrogens is 507 g/mol. The topological polar surface area (TPSA) is 143 Å². The number of guanidine groups is 1. The number of sulfonamides is 1. The first-order valence-electron chi connectivity index (χ1n) is 12.3. The predicted octanol–water partition coefficient (Wildman–Crippen LogP) is 2.40. The van der Waals surface area contributed by atoms with E-state index in [1.807, 2.05) is 6.07 Å². The molecule has 2 heterocycles. The van der Waals surface area contributed by atoms with Gasteiger partial charge in [0, 0.05) is 26.2 Å². The Balaban J connectivity index is 0.00000456. The van der Waals surface area contributed by atoms with Crippen molar-refractivity contribution in [2.45, 2.75) is 63.3 Å². The number of para-hydroxylation sites is 1. The molecule has 2 aliphatic rings. The van der Waals surface area contributed by atoms with Crippen LogP contribution in [0.2, 0.25) is 0 Å². The Morgan fingerprint density at radius 3 is 2.64 bits per heavy atom. The van der Waals surface area contributed by atoms with Crippen LogP contribution in [-0.4, -0.2) is 64.1 Å². The number of piperidine rings is 1. The zero-order valence-corrected chi connectivity index (χ0v) is 22.8. The SMILES string of the molecule is CC1(C)CNc2c(cccc2S(=O)(=O)N[C@@H](CCCN=C(N)N)C(=O)N2CCC(CCF)CC2)C1.Cl. The summed E-state index contributed by atoms with van der Waals surface area (Å²) in [5.74, 6) is -0.0589. The molecule has 1 amide bonds. The quantitative estimate of drug-likeness (QED) is 0.201. The van der Waals surface area contributed by atoms with Crippen molar-refractivity contribution in [2.75, 3.05) is 38.2 Å². The van der Waals surface area contributed by atoms with Crippen LogP contribution in [0, 0.1) is 11.3 Å². The molecule has 0 spiro atoms. The number of nitrogens with two attached hydrogens (primary N) is 2. The number of amides is 1. The van der Waals surface area contributed by atoms with E-state index < -0.39 is 16.1 Å². The lowest BCUT2D eigenvalue weighted by atomic mass is 9.82. The highest BCUT2D eigenvalue weighted by molar-refractivity contribution is 7.89. The Hall–Kier alpha value is -2.11. The fraction of sp³-hybridized carbons (Fsp3) is 0.667. The number of halogens is 2. The monoisotopic (exact) mass is 546 g/mol. The van der Waals surface area contributed by atoms with Gasteiger partial charge in [0.25, 0.3) is 0 Å². The minimum Gasteiger partial charge on any atom is -0.383 e. The van der Waals surface area contributed by atoms with E-state index >= 15 is 0 Å². The number of hydrogen-bond acceptors (Lipinski definition) is 5. The molecule has 6 N–H and O–H groups in total. The van der Waals surface area contributed by atoms with Crippen LogP contribution >= 0.6 is 12.4 Å². The van der Waals surface area contributed by atoms with Gasteiger partial charge in [-0.25, -0.2) is 8.42 Å². The van der Waals surface area contributed by atoms with Crippen molar-refractivity contribution >= 4 is 40.0 Å². The van der Waals surface area contributed by atoms with Crippen molar-refractivity contribution in [1.29, 1.82) is 0 Å². The number of likely N-dealkylation sites (tertiary alicyclic amines) is 1. The van der Waals surface area contributed by atoms with Crippen molar-refractivity contribution < 1.29 is 17.6 Å². The van der Waals surface area contributed by atoms with Crippen LogP contribution in [0.4, 0.5) is 10.1 Å². The van der Waals surface area contributed by atoms with Crippen molar-refractivity contribution in [3.63, 3.8) is 0 Å². The zero-order valence-electron chi connectivity index (χ0n) is 21.1. The summed E-state index contributed by atoms with van der Waals surface area (Å²) < 4.78 is 42.4. The van der Waals surface area contributed by atoms with E-state index in [4.69, 9.17) is 11.5 Å². The summed E-state index contributed by atoms with van der Waals surface area (Å²) in [5.41, 5.74) is 12.3. The third-order valence-electron chi connectivity index (χ3n) is 6.80. The molecular formula is C24H40ClFN6O3S. The summed E-state index contributed by atoms with van der Waals surface area (Å²) in [6, 6.07) is 4.29. The maximum Gasteiger partial charge on any atom is 0.243 e. The highest BCUT2D eigenvalue weighted by Gasteiger charge is 2.34. The van der Waals surface area contributed by atoms with Crippen LogP contribution in [0.25, 0.3) is 0 Å². The molecule has 0 radical (unpaired) electrons. The molecule has 1 saturated heterocycles. The number of nitrogens with one attached hydrogen (secondary N) is 2. The third-order valence-corrected chi connectivity index (χ3v) is 8.31. The number of rotatable bonds is 10. The van der Waals surface area contributed by atoms with Crippen molar-refractivity contribution in [3.05, 3.63) is 23.8 Å². The number of alkyl halides is 1. The first kappa shape index (κ1) is 30.1. The average molecular weight is 547 g/mol. The van der Waals surface area contributed by atoms with Gasteiger partial charge in [-0.05, 0) is 61.5 Å². The van der Waals surface area contributed by atoms with Crippen molar-refractivity contribution in [2.24, 2.45) is 27.8 Å². The Morgan fingerprint density at radius 1 is 1.31 bits per heavy atom. The molecule has 0 bridgehead atoms. The molecule has 204 valence electrons. The van der Waals surface area contributed by atoms with Gasteiger partial charge in [0.05, 0.1) is 12.4 Å². The molecule has 1 fully saturated rings.